The molecular formula is C8H16N6O2S. The summed E-state index contributed by atoms with van der Waals surface area (Å²) in [6, 6.07) is 0. The van der Waals surface area contributed by atoms with Crippen molar-refractivity contribution in [3.05, 3.63) is 12.2 Å². The maximum absolute atomic E-state index is 11.9. The average molecular weight is 260 g/mol. The van der Waals surface area contributed by atoms with Gasteiger partial charge in [-0.3, -0.25) is 4.68 Å². The van der Waals surface area contributed by atoms with E-state index in [1.54, 1.807) is 7.05 Å². The highest BCUT2D eigenvalue weighted by molar-refractivity contribution is 7.87. The Morgan fingerprint density at radius 3 is 2.76 bits per heavy atom. The summed E-state index contributed by atoms with van der Waals surface area (Å²) in [5.74, 6) is 0.464. The highest BCUT2D eigenvalue weighted by atomic mass is 32.2. The van der Waals surface area contributed by atoms with E-state index in [0.29, 0.717) is 32.0 Å². The summed E-state index contributed by atoms with van der Waals surface area (Å²) < 4.78 is 29.2. The van der Waals surface area contributed by atoms with E-state index in [0.717, 1.165) is 0 Å². The van der Waals surface area contributed by atoms with Crippen molar-refractivity contribution < 1.29 is 8.42 Å². The fourth-order valence-corrected chi connectivity index (χ4v) is 2.75. The van der Waals surface area contributed by atoms with E-state index in [1.807, 2.05) is 0 Å². The normalized spacial score (nSPS) is 18.4. The van der Waals surface area contributed by atoms with Gasteiger partial charge in [-0.15, -0.1) is 0 Å². The smallest absolute Gasteiger partial charge is 0.279 e. The summed E-state index contributed by atoms with van der Waals surface area (Å²) >= 11 is 0. The van der Waals surface area contributed by atoms with Gasteiger partial charge in [0.1, 0.15) is 6.33 Å². The Bertz CT molecular complexity index is 464. The van der Waals surface area contributed by atoms with Gasteiger partial charge in [0.2, 0.25) is 0 Å². The van der Waals surface area contributed by atoms with Gasteiger partial charge in [0.05, 0.1) is 6.54 Å². The van der Waals surface area contributed by atoms with Gasteiger partial charge in [-0.05, 0) is 0 Å². The number of aromatic nitrogens is 3. The van der Waals surface area contributed by atoms with Crippen LogP contribution in [0, 0.1) is 0 Å². The molecule has 0 bridgehead atoms. The quantitative estimate of drug-likeness (QED) is 0.657. The summed E-state index contributed by atoms with van der Waals surface area (Å²) in [5, 5.41) is 7.11. The first-order valence-electron chi connectivity index (χ1n) is 5.38. The maximum Gasteiger partial charge on any atom is 0.279 e. The second-order valence-corrected chi connectivity index (χ2v) is 5.56. The van der Waals surface area contributed by atoms with E-state index >= 15 is 0 Å². The predicted octanol–water partition coefficient (Wildman–Crippen LogP) is -1.95. The standard InChI is InChI=1S/C8H16N6O2S/c1-13-7-10-8(12-13)6-11-17(15,16)14-4-2-9-3-5-14/h7,9,11H,2-6H2,1H3. The second-order valence-electron chi connectivity index (χ2n) is 3.81. The Balaban J connectivity index is 1.92. The van der Waals surface area contributed by atoms with E-state index in [-0.39, 0.29) is 6.54 Å². The summed E-state index contributed by atoms with van der Waals surface area (Å²) in [5.41, 5.74) is 0. The van der Waals surface area contributed by atoms with Crippen molar-refractivity contribution in [1.82, 2.24) is 29.1 Å². The molecule has 2 rings (SSSR count). The number of nitrogens with zero attached hydrogens (tertiary/aromatic N) is 4. The zero-order valence-electron chi connectivity index (χ0n) is 9.63. The van der Waals surface area contributed by atoms with Crippen LogP contribution in [0.25, 0.3) is 0 Å². The molecule has 0 amide bonds. The van der Waals surface area contributed by atoms with Crippen molar-refractivity contribution in [2.75, 3.05) is 26.2 Å². The van der Waals surface area contributed by atoms with Gasteiger partial charge in [-0.2, -0.15) is 22.5 Å². The monoisotopic (exact) mass is 260 g/mol. The van der Waals surface area contributed by atoms with Crippen molar-refractivity contribution >= 4 is 10.2 Å². The number of rotatable bonds is 4. The number of nitrogens with one attached hydrogen (secondary N) is 2. The molecule has 1 saturated heterocycles. The van der Waals surface area contributed by atoms with Crippen LogP contribution >= 0.6 is 0 Å². The fourth-order valence-electron chi connectivity index (χ4n) is 1.60. The molecule has 17 heavy (non-hydrogen) atoms. The van der Waals surface area contributed by atoms with E-state index in [2.05, 4.69) is 20.1 Å². The van der Waals surface area contributed by atoms with Crippen molar-refractivity contribution in [3.63, 3.8) is 0 Å². The number of aryl methyl sites for hydroxylation is 1. The molecule has 9 heteroatoms. The summed E-state index contributed by atoms with van der Waals surface area (Å²) in [6.45, 7) is 2.47. The molecule has 2 heterocycles. The minimum Gasteiger partial charge on any atom is -0.314 e. The molecule has 1 aromatic rings. The van der Waals surface area contributed by atoms with Crippen LogP contribution in [0.15, 0.2) is 6.33 Å². The molecule has 1 aliphatic heterocycles. The first kappa shape index (κ1) is 12.4. The van der Waals surface area contributed by atoms with Crippen LogP contribution in [0.4, 0.5) is 0 Å². The van der Waals surface area contributed by atoms with Crippen LogP contribution in [0.2, 0.25) is 0 Å². The molecule has 8 nitrogen and oxygen atoms in total. The molecule has 0 radical (unpaired) electrons. The average Bonchev–Trinajstić information content (AvgIpc) is 2.74. The van der Waals surface area contributed by atoms with Gasteiger partial charge < -0.3 is 5.32 Å². The Morgan fingerprint density at radius 2 is 2.18 bits per heavy atom. The van der Waals surface area contributed by atoms with Crippen LogP contribution in [-0.4, -0.2) is 53.7 Å². The van der Waals surface area contributed by atoms with Crippen molar-refractivity contribution in [2.24, 2.45) is 7.05 Å². The Hall–Kier alpha value is -1.03. The molecule has 1 aromatic heterocycles. The van der Waals surface area contributed by atoms with E-state index in [4.69, 9.17) is 0 Å². The van der Waals surface area contributed by atoms with Crippen molar-refractivity contribution in [1.29, 1.82) is 0 Å². The molecule has 0 spiro atoms. The fraction of sp³-hybridized carbons (Fsp3) is 0.750. The minimum atomic E-state index is -3.42. The highest BCUT2D eigenvalue weighted by Crippen LogP contribution is 2.00. The third kappa shape index (κ3) is 3.22. The zero-order valence-corrected chi connectivity index (χ0v) is 10.4. The lowest BCUT2D eigenvalue weighted by atomic mass is 10.4. The molecule has 0 aromatic carbocycles. The summed E-state index contributed by atoms with van der Waals surface area (Å²) in [6.07, 6.45) is 1.54. The van der Waals surface area contributed by atoms with Crippen LogP contribution in [0.5, 0.6) is 0 Å². The summed E-state index contributed by atoms with van der Waals surface area (Å²) in [4.78, 5) is 3.96. The topological polar surface area (TPSA) is 92.2 Å². The molecule has 2 N–H and O–H groups in total. The van der Waals surface area contributed by atoms with Gasteiger partial charge in [0.25, 0.3) is 10.2 Å². The molecule has 0 atom stereocenters. The first-order valence-corrected chi connectivity index (χ1v) is 6.82. The Labute approximate surface area is 100 Å². The molecule has 96 valence electrons. The highest BCUT2D eigenvalue weighted by Gasteiger charge is 2.23. The van der Waals surface area contributed by atoms with E-state index in [1.165, 1.54) is 15.3 Å². The van der Waals surface area contributed by atoms with E-state index < -0.39 is 10.2 Å². The summed E-state index contributed by atoms with van der Waals surface area (Å²) in [7, 11) is -1.68. The third-order valence-electron chi connectivity index (χ3n) is 2.48. The van der Waals surface area contributed by atoms with Gasteiger partial charge in [0, 0.05) is 33.2 Å². The molecule has 1 fully saturated rings. The number of hydrogen-bond acceptors (Lipinski definition) is 5. The first-order chi connectivity index (χ1) is 8.08. The lowest BCUT2D eigenvalue weighted by Crippen LogP contribution is -2.50. The molecule has 0 saturated carbocycles. The molecule has 1 aliphatic rings. The Kier molecular flexibility index (Phi) is 3.72. The second kappa shape index (κ2) is 5.08. The van der Waals surface area contributed by atoms with Crippen LogP contribution in [-0.2, 0) is 23.8 Å². The van der Waals surface area contributed by atoms with Crippen LogP contribution in [0.3, 0.4) is 0 Å². The minimum absolute atomic E-state index is 0.118. The van der Waals surface area contributed by atoms with Gasteiger partial charge >= 0.3 is 0 Å². The predicted molar refractivity (Wildman–Crippen MR) is 61.2 cm³/mol. The molecule has 0 aliphatic carbocycles. The Morgan fingerprint density at radius 1 is 1.47 bits per heavy atom. The van der Waals surface area contributed by atoms with Gasteiger partial charge in [-0.1, -0.05) is 0 Å². The number of piperazine rings is 1. The SMILES string of the molecule is Cn1cnc(CNS(=O)(=O)N2CCNCC2)n1. The largest absolute Gasteiger partial charge is 0.314 e. The van der Waals surface area contributed by atoms with Crippen molar-refractivity contribution in [3.8, 4) is 0 Å². The van der Waals surface area contributed by atoms with Gasteiger partial charge in [0.15, 0.2) is 5.82 Å². The molecular weight excluding hydrogens is 244 g/mol. The number of hydrogen-bond donors (Lipinski definition) is 2. The van der Waals surface area contributed by atoms with Crippen molar-refractivity contribution in [2.45, 2.75) is 6.54 Å². The van der Waals surface area contributed by atoms with E-state index in [9.17, 15) is 8.42 Å². The molecule has 0 unspecified atom stereocenters. The van der Waals surface area contributed by atoms with Crippen LogP contribution < -0.4 is 10.0 Å². The van der Waals surface area contributed by atoms with Gasteiger partial charge in [-0.25, -0.2) is 4.98 Å². The zero-order chi connectivity index (χ0) is 12.3. The lowest BCUT2D eigenvalue weighted by molar-refractivity contribution is 0.354. The third-order valence-corrected chi connectivity index (χ3v) is 4.03. The maximum atomic E-state index is 11.9. The lowest BCUT2D eigenvalue weighted by Gasteiger charge is -2.26. The van der Waals surface area contributed by atoms with Crippen LogP contribution in [0.1, 0.15) is 5.82 Å².